The van der Waals surface area contributed by atoms with Crippen LogP contribution in [0, 0.1) is 0 Å². The van der Waals surface area contributed by atoms with E-state index in [4.69, 9.17) is 0 Å². The molecule has 0 spiro atoms. The smallest absolute Gasteiger partial charge is 0.0437 e. The van der Waals surface area contributed by atoms with Crippen molar-refractivity contribution in [2.45, 2.75) is 19.3 Å². The Hall–Kier alpha value is -1.24. The summed E-state index contributed by atoms with van der Waals surface area (Å²) in [4.78, 5) is 2.21. The fourth-order valence-corrected chi connectivity index (χ4v) is 1.87. The van der Waals surface area contributed by atoms with Crippen LogP contribution < -0.4 is 4.90 Å². The van der Waals surface area contributed by atoms with Crippen LogP contribution in [0.3, 0.4) is 0 Å². The van der Waals surface area contributed by atoms with Gasteiger partial charge in [0.05, 0.1) is 0 Å². The molecule has 0 saturated carbocycles. The second-order valence-corrected chi connectivity index (χ2v) is 3.61. The average Bonchev–Trinajstić information content (AvgIpc) is 2.29. The van der Waals surface area contributed by atoms with Crippen molar-refractivity contribution in [3.63, 3.8) is 0 Å². The fraction of sp³-hybridized carbons (Fsp3) is 0.333. The zero-order valence-electron chi connectivity index (χ0n) is 8.09. The lowest BCUT2D eigenvalue weighted by atomic mass is 10.1. The first-order chi connectivity index (χ1) is 6.29. The van der Waals surface area contributed by atoms with Crippen LogP contribution in [0.25, 0.3) is 0 Å². The van der Waals surface area contributed by atoms with E-state index in [1.807, 2.05) is 0 Å². The maximum atomic E-state index is 4.08. The van der Waals surface area contributed by atoms with Gasteiger partial charge in [-0.25, -0.2) is 0 Å². The fourth-order valence-electron chi connectivity index (χ4n) is 1.87. The lowest BCUT2D eigenvalue weighted by molar-refractivity contribution is 0.822. The molecule has 0 radical (unpaired) electrons. The molecule has 0 atom stereocenters. The highest BCUT2D eigenvalue weighted by molar-refractivity contribution is 5.57. The summed E-state index contributed by atoms with van der Waals surface area (Å²) in [5, 5.41) is 0. The van der Waals surface area contributed by atoms with Crippen LogP contribution in [0.4, 0.5) is 5.69 Å². The predicted octanol–water partition coefficient (Wildman–Crippen LogP) is 2.97. The van der Waals surface area contributed by atoms with Gasteiger partial charge in [-0.1, -0.05) is 24.8 Å². The molecule has 0 amide bonds. The van der Waals surface area contributed by atoms with Gasteiger partial charge in [-0.05, 0) is 30.9 Å². The largest absolute Gasteiger partial charge is 0.349 e. The van der Waals surface area contributed by atoms with E-state index in [1.165, 1.54) is 29.8 Å². The first-order valence-electron chi connectivity index (χ1n) is 4.78. The van der Waals surface area contributed by atoms with Crippen molar-refractivity contribution >= 4 is 5.69 Å². The molecule has 0 saturated heterocycles. The molecule has 1 heterocycles. The van der Waals surface area contributed by atoms with Gasteiger partial charge in [0.1, 0.15) is 0 Å². The Morgan fingerprint density at radius 3 is 2.85 bits per heavy atom. The maximum absolute atomic E-state index is 4.08. The first kappa shape index (κ1) is 8.36. The van der Waals surface area contributed by atoms with Gasteiger partial charge in [-0.3, -0.25) is 0 Å². The molecule has 0 aromatic heterocycles. The van der Waals surface area contributed by atoms with E-state index in [0.29, 0.717) is 0 Å². The highest BCUT2D eigenvalue weighted by Crippen LogP contribution is 2.28. The van der Waals surface area contributed by atoms with Crippen LogP contribution in [0.5, 0.6) is 0 Å². The molecule has 0 N–H and O–H groups in total. The molecule has 1 aromatic rings. The Balaban J connectivity index is 2.46. The molecule has 68 valence electrons. The number of nitrogens with zero attached hydrogens (tertiary/aromatic N) is 1. The topological polar surface area (TPSA) is 3.24 Å². The number of aryl methyl sites for hydroxylation is 1. The van der Waals surface area contributed by atoms with Crippen molar-refractivity contribution in [3.05, 3.63) is 42.1 Å². The molecular formula is C12H15N. The van der Waals surface area contributed by atoms with Crippen molar-refractivity contribution in [1.29, 1.82) is 0 Å². The number of para-hydroxylation sites is 1. The molecule has 0 unspecified atom stereocenters. The van der Waals surface area contributed by atoms with Gasteiger partial charge in [0.15, 0.2) is 0 Å². The number of hydrogen-bond acceptors (Lipinski definition) is 1. The van der Waals surface area contributed by atoms with Gasteiger partial charge in [0.2, 0.25) is 0 Å². The van der Waals surface area contributed by atoms with Gasteiger partial charge in [0.25, 0.3) is 0 Å². The minimum atomic E-state index is 1.12. The van der Waals surface area contributed by atoms with Crippen LogP contribution >= 0.6 is 0 Å². The van der Waals surface area contributed by atoms with Crippen molar-refractivity contribution in [2.24, 2.45) is 0 Å². The van der Waals surface area contributed by atoms with Crippen LogP contribution in [0.15, 0.2) is 36.5 Å². The monoisotopic (exact) mass is 173 g/mol. The Morgan fingerprint density at radius 1 is 1.23 bits per heavy atom. The van der Waals surface area contributed by atoms with Crippen molar-refractivity contribution in [3.8, 4) is 0 Å². The summed E-state index contributed by atoms with van der Waals surface area (Å²) in [6.07, 6.45) is 3.52. The highest BCUT2D eigenvalue weighted by Gasteiger charge is 2.13. The number of rotatable bonds is 0. The second kappa shape index (κ2) is 3.25. The van der Waals surface area contributed by atoms with Crippen molar-refractivity contribution in [2.75, 3.05) is 11.9 Å². The summed E-state index contributed by atoms with van der Waals surface area (Å²) in [6.45, 7) is 4.08. The molecule has 0 aliphatic carbocycles. The van der Waals surface area contributed by atoms with E-state index in [-0.39, 0.29) is 0 Å². The molecular weight excluding hydrogens is 158 g/mol. The molecule has 1 aliphatic heterocycles. The van der Waals surface area contributed by atoms with Gasteiger partial charge in [0, 0.05) is 18.4 Å². The van der Waals surface area contributed by atoms with E-state index < -0.39 is 0 Å². The van der Waals surface area contributed by atoms with Gasteiger partial charge < -0.3 is 4.90 Å². The SMILES string of the molecule is C=C1CCCc2ccccc2N1C. The minimum absolute atomic E-state index is 1.12. The van der Waals surface area contributed by atoms with E-state index >= 15 is 0 Å². The summed E-state index contributed by atoms with van der Waals surface area (Å²) < 4.78 is 0. The Kier molecular flexibility index (Phi) is 2.09. The van der Waals surface area contributed by atoms with E-state index in [0.717, 1.165) is 6.42 Å². The number of allylic oxidation sites excluding steroid dienone is 1. The molecule has 1 aromatic carbocycles. The molecule has 2 rings (SSSR count). The van der Waals surface area contributed by atoms with Gasteiger partial charge in [-0.2, -0.15) is 0 Å². The Bertz CT molecular complexity index is 328. The number of anilines is 1. The predicted molar refractivity (Wildman–Crippen MR) is 56.9 cm³/mol. The molecule has 1 heteroatoms. The second-order valence-electron chi connectivity index (χ2n) is 3.61. The molecule has 13 heavy (non-hydrogen) atoms. The lowest BCUT2D eigenvalue weighted by Crippen LogP contribution is -2.14. The molecule has 1 nitrogen and oxygen atoms in total. The quantitative estimate of drug-likeness (QED) is 0.583. The highest BCUT2D eigenvalue weighted by atomic mass is 15.1. The van der Waals surface area contributed by atoms with Crippen LogP contribution in [-0.2, 0) is 6.42 Å². The van der Waals surface area contributed by atoms with Crippen LogP contribution in [0.2, 0.25) is 0 Å². The number of hydrogen-bond donors (Lipinski definition) is 0. The molecule has 0 fully saturated rings. The zero-order chi connectivity index (χ0) is 9.26. The lowest BCUT2D eigenvalue weighted by Gasteiger charge is -2.20. The Labute approximate surface area is 79.7 Å². The minimum Gasteiger partial charge on any atom is -0.349 e. The standard InChI is InChI=1S/C12H15N/c1-10-6-5-8-11-7-3-4-9-12(11)13(10)2/h3-4,7,9H,1,5-6,8H2,2H3. The normalized spacial score (nSPS) is 16.7. The van der Waals surface area contributed by atoms with Crippen molar-refractivity contribution < 1.29 is 0 Å². The van der Waals surface area contributed by atoms with Crippen molar-refractivity contribution in [1.82, 2.24) is 0 Å². The number of benzene rings is 1. The summed E-state index contributed by atoms with van der Waals surface area (Å²) in [5.41, 5.74) is 4.00. The summed E-state index contributed by atoms with van der Waals surface area (Å²) in [6, 6.07) is 8.59. The summed E-state index contributed by atoms with van der Waals surface area (Å²) in [5.74, 6) is 0. The van der Waals surface area contributed by atoms with Crippen LogP contribution in [-0.4, -0.2) is 7.05 Å². The zero-order valence-corrected chi connectivity index (χ0v) is 8.09. The molecule has 1 aliphatic rings. The third kappa shape index (κ3) is 1.46. The average molecular weight is 173 g/mol. The third-order valence-corrected chi connectivity index (χ3v) is 2.74. The van der Waals surface area contributed by atoms with E-state index in [1.54, 1.807) is 0 Å². The van der Waals surface area contributed by atoms with Crippen LogP contribution in [0.1, 0.15) is 18.4 Å². The maximum Gasteiger partial charge on any atom is 0.0437 e. The van der Waals surface area contributed by atoms with Gasteiger partial charge in [-0.15, -0.1) is 0 Å². The number of fused-ring (bicyclic) bond motifs is 1. The van der Waals surface area contributed by atoms with E-state index in [9.17, 15) is 0 Å². The summed E-state index contributed by atoms with van der Waals surface area (Å²) >= 11 is 0. The van der Waals surface area contributed by atoms with E-state index in [2.05, 4.69) is 42.8 Å². The van der Waals surface area contributed by atoms with Gasteiger partial charge >= 0.3 is 0 Å². The first-order valence-corrected chi connectivity index (χ1v) is 4.78. The Morgan fingerprint density at radius 2 is 2.00 bits per heavy atom. The third-order valence-electron chi connectivity index (χ3n) is 2.74. The summed E-state index contributed by atoms with van der Waals surface area (Å²) in [7, 11) is 2.10. The molecule has 0 bridgehead atoms.